The van der Waals surface area contributed by atoms with Gasteiger partial charge < -0.3 is 9.72 Å². The van der Waals surface area contributed by atoms with Gasteiger partial charge in [-0.1, -0.05) is 11.6 Å². The first-order valence-electron chi connectivity index (χ1n) is 5.46. The van der Waals surface area contributed by atoms with E-state index < -0.39 is 5.97 Å². The predicted octanol–water partition coefficient (Wildman–Crippen LogP) is 2.61. The number of aromatic amines is 1. The average Bonchev–Trinajstić information content (AvgIpc) is 2.72. The molecule has 2 aromatic rings. The molecule has 1 N–H and O–H groups in total. The molecule has 0 aliphatic heterocycles. The Morgan fingerprint density at radius 1 is 1.50 bits per heavy atom. The number of H-pyrrole nitrogens is 1. The van der Waals surface area contributed by atoms with Crippen LogP contribution in [-0.2, 0) is 4.74 Å². The van der Waals surface area contributed by atoms with E-state index in [2.05, 4.69) is 15.0 Å². The van der Waals surface area contributed by atoms with Gasteiger partial charge >= 0.3 is 5.97 Å². The van der Waals surface area contributed by atoms with Crippen LogP contribution in [0.4, 0.5) is 0 Å². The number of imidazole rings is 1. The summed E-state index contributed by atoms with van der Waals surface area (Å²) in [4.78, 5) is 22.8. The molecule has 0 bridgehead atoms. The molecule has 2 aromatic heterocycles. The van der Waals surface area contributed by atoms with Gasteiger partial charge in [-0.05, 0) is 19.9 Å². The Balaban J connectivity index is 2.37. The minimum atomic E-state index is -0.438. The number of aryl methyl sites for hydroxylation is 1. The second-order valence-electron chi connectivity index (χ2n) is 3.67. The summed E-state index contributed by atoms with van der Waals surface area (Å²) in [6.45, 7) is 3.83. The van der Waals surface area contributed by atoms with Gasteiger partial charge in [0.1, 0.15) is 5.82 Å². The molecule has 0 radical (unpaired) electrons. The number of hydrogen-bond donors (Lipinski definition) is 1. The summed E-state index contributed by atoms with van der Waals surface area (Å²) in [5.74, 6) is 0.109. The maximum absolute atomic E-state index is 11.6. The van der Waals surface area contributed by atoms with Crippen LogP contribution in [0.1, 0.15) is 23.1 Å². The van der Waals surface area contributed by atoms with Crippen LogP contribution in [0.25, 0.3) is 11.4 Å². The third-order valence-corrected chi connectivity index (χ3v) is 2.54. The van der Waals surface area contributed by atoms with Gasteiger partial charge in [0.25, 0.3) is 0 Å². The number of aromatic nitrogens is 3. The molecule has 0 saturated heterocycles. The number of hydrogen-bond acceptors (Lipinski definition) is 4. The maximum Gasteiger partial charge on any atom is 0.358 e. The molecule has 0 aliphatic carbocycles. The molecule has 2 rings (SSSR count). The van der Waals surface area contributed by atoms with E-state index in [0.29, 0.717) is 23.1 Å². The van der Waals surface area contributed by atoms with Gasteiger partial charge in [0.15, 0.2) is 5.69 Å². The van der Waals surface area contributed by atoms with Crippen LogP contribution in [0.3, 0.4) is 0 Å². The molecule has 94 valence electrons. The highest BCUT2D eigenvalue weighted by molar-refractivity contribution is 6.30. The molecule has 5 nitrogen and oxygen atoms in total. The van der Waals surface area contributed by atoms with Gasteiger partial charge in [-0.3, -0.25) is 4.98 Å². The Kier molecular flexibility index (Phi) is 3.62. The van der Waals surface area contributed by atoms with E-state index >= 15 is 0 Å². The number of halogens is 1. The van der Waals surface area contributed by atoms with Crippen LogP contribution in [0.15, 0.2) is 18.5 Å². The molecule has 0 saturated carbocycles. The van der Waals surface area contributed by atoms with E-state index in [0.717, 1.165) is 5.56 Å². The van der Waals surface area contributed by atoms with Crippen molar-refractivity contribution in [2.45, 2.75) is 13.8 Å². The zero-order chi connectivity index (χ0) is 13.1. The van der Waals surface area contributed by atoms with E-state index in [1.165, 1.54) is 6.20 Å². The number of carbonyl (C=O) groups is 1. The Morgan fingerprint density at radius 2 is 2.28 bits per heavy atom. The molecular weight excluding hydrogens is 254 g/mol. The standard InChI is InChI=1S/C12H12ClN3O2/c1-3-18-12(17)10-7(2)15-11(16-10)8-4-9(13)6-14-5-8/h4-6H,3H2,1-2H3,(H,15,16). The molecule has 0 amide bonds. The maximum atomic E-state index is 11.6. The highest BCUT2D eigenvalue weighted by Gasteiger charge is 2.16. The topological polar surface area (TPSA) is 67.9 Å². The lowest BCUT2D eigenvalue weighted by Gasteiger charge is -1.97. The van der Waals surface area contributed by atoms with E-state index in [1.54, 1.807) is 26.1 Å². The summed E-state index contributed by atoms with van der Waals surface area (Å²) < 4.78 is 4.92. The minimum Gasteiger partial charge on any atom is -0.461 e. The quantitative estimate of drug-likeness (QED) is 0.866. The number of nitrogens with zero attached hydrogens (tertiary/aromatic N) is 2. The number of rotatable bonds is 3. The van der Waals surface area contributed by atoms with Crippen LogP contribution in [0, 0.1) is 6.92 Å². The van der Waals surface area contributed by atoms with Crippen LogP contribution in [-0.4, -0.2) is 27.5 Å². The largest absolute Gasteiger partial charge is 0.461 e. The van der Waals surface area contributed by atoms with Gasteiger partial charge in [-0.2, -0.15) is 0 Å². The van der Waals surface area contributed by atoms with Crippen molar-refractivity contribution in [2.75, 3.05) is 6.61 Å². The van der Waals surface area contributed by atoms with Crippen molar-refractivity contribution in [3.63, 3.8) is 0 Å². The van der Waals surface area contributed by atoms with Crippen molar-refractivity contribution < 1.29 is 9.53 Å². The first-order valence-corrected chi connectivity index (χ1v) is 5.84. The monoisotopic (exact) mass is 265 g/mol. The second-order valence-corrected chi connectivity index (χ2v) is 4.11. The predicted molar refractivity (Wildman–Crippen MR) is 67.5 cm³/mol. The van der Waals surface area contributed by atoms with E-state index in [-0.39, 0.29) is 5.69 Å². The zero-order valence-electron chi connectivity index (χ0n) is 10.0. The van der Waals surface area contributed by atoms with E-state index in [1.807, 2.05) is 0 Å². The van der Waals surface area contributed by atoms with Crippen molar-refractivity contribution in [2.24, 2.45) is 0 Å². The van der Waals surface area contributed by atoms with Gasteiger partial charge in [-0.25, -0.2) is 9.78 Å². The fourth-order valence-electron chi connectivity index (χ4n) is 1.54. The molecule has 2 heterocycles. The van der Waals surface area contributed by atoms with Crippen LogP contribution < -0.4 is 0 Å². The molecular formula is C12H12ClN3O2. The average molecular weight is 266 g/mol. The Morgan fingerprint density at radius 3 is 2.94 bits per heavy atom. The van der Waals surface area contributed by atoms with Crippen molar-refractivity contribution in [1.29, 1.82) is 0 Å². The highest BCUT2D eigenvalue weighted by Crippen LogP contribution is 2.20. The fraction of sp³-hybridized carbons (Fsp3) is 0.250. The smallest absolute Gasteiger partial charge is 0.358 e. The van der Waals surface area contributed by atoms with E-state index in [9.17, 15) is 4.79 Å². The summed E-state index contributed by atoms with van der Waals surface area (Å²) in [7, 11) is 0. The van der Waals surface area contributed by atoms with Gasteiger partial charge in [0, 0.05) is 23.7 Å². The lowest BCUT2D eigenvalue weighted by Crippen LogP contribution is -2.06. The van der Waals surface area contributed by atoms with Gasteiger partial charge in [0.2, 0.25) is 0 Å². The van der Waals surface area contributed by atoms with E-state index in [4.69, 9.17) is 16.3 Å². The van der Waals surface area contributed by atoms with Crippen molar-refractivity contribution in [1.82, 2.24) is 15.0 Å². The SMILES string of the molecule is CCOC(=O)c1nc(-c2cncc(Cl)c2)[nH]c1C. The third kappa shape index (κ3) is 2.51. The number of pyridine rings is 1. The summed E-state index contributed by atoms with van der Waals surface area (Å²) in [6, 6.07) is 1.72. The normalized spacial score (nSPS) is 10.4. The lowest BCUT2D eigenvalue weighted by atomic mass is 10.3. The first-order chi connectivity index (χ1) is 8.61. The first kappa shape index (κ1) is 12.6. The number of ether oxygens (including phenoxy) is 1. The second kappa shape index (κ2) is 5.18. The number of esters is 1. The van der Waals surface area contributed by atoms with Crippen LogP contribution in [0.2, 0.25) is 5.02 Å². The van der Waals surface area contributed by atoms with Crippen molar-refractivity contribution >= 4 is 17.6 Å². The summed E-state index contributed by atoms with van der Waals surface area (Å²) in [6.07, 6.45) is 3.16. The van der Waals surface area contributed by atoms with Crippen LogP contribution in [0.5, 0.6) is 0 Å². The molecule has 0 aromatic carbocycles. The molecule has 0 atom stereocenters. The molecule has 0 aliphatic rings. The molecule has 0 fully saturated rings. The number of nitrogens with one attached hydrogen (secondary N) is 1. The summed E-state index contributed by atoms with van der Waals surface area (Å²) in [5.41, 5.74) is 1.66. The molecule has 0 spiro atoms. The van der Waals surface area contributed by atoms with Gasteiger partial charge in [0.05, 0.1) is 11.6 Å². The van der Waals surface area contributed by atoms with Crippen molar-refractivity contribution in [3.8, 4) is 11.4 Å². The molecule has 6 heteroatoms. The number of carbonyl (C=O) groups excluding carboxylic acids is 1. The zero-order valence-corrected chi connectivity index (χ0v) is 10.8. The highest BCUT2D eigenvalue weighted by atomic mass is 35.5. The van der Waals surface area contributed by atoms with Crippen LogP contribution >= 0.6 is 11.6 Å². The summed E-state index contributed by atoms with van der Waals surface area (Å²) >= 11 is 5.86. The Hall–Kier alpha value is -1.88. The molecule has 0 unspecified atom stereocenters. The minimum absolute atomic E-state index is 0.284. The molecule has 18 heavy (non-hydrogen) atoms. The lowest BCUT2D eigenvalue weighted by molar-refractivity contribution is 0.0519. The van der Waals surface area contributed by atoms with Crippen molar-refractivity contribution in [3.05, 3.63) is 34.9 Å². The summed E-state index contributed by atoms with van der Waals surface area (Å²) in [5, 5.41) is 0.513. The fourth-order valence-corrected chi connectivity index (χ4v) is 1.71. The Bertz CT molecular complexity index is 580. The van der Waals surface area contributed by atoms with Gasteiger partial charge in [-0.15, -0.1) is 0 Å². The third-order valence-electron chi connectivity index (χ3n) is 2.33. The Labute approximate surface area is 109 Å².